The molecule has 0 bridgehead atoms. The number of nitrogens with zero attached hydrogens (tertiary/aromatic N) is 3. The van der Waals surface area contributed by atoms with Gasteiger partial charge in [-0.15, -0.1) is 0 Å². The van der Waals surface area contributed by atoms with Gasteiger partial charge in [-0.05, 0) is 17.7 Å². The Labute approximate surface area is 146 Å². The molecule has 0 aliphatic rings. The summed E-state index contributed by atoms with van der Waals surface area (Å²) in [6.07, 6.45) is 3.78. The normalized spacial score (nSPS) is 11.8. The Morgan fingerprint density at radius 3 is 2.54 bits per heavy atom. The van der Waals surface area contributed by atoms with Gasteiger partial charge in [-0.1, -0.05) is 23.7 Å². The van der Waals surface area contributed by atoms with Crippen LogP contribution in [0.2, 0.25) is 5.02 Å². The number of benzene rings is 1. The first-order valence-electron chi connectivity index (χ1n) is 7.59. The lowest BCUT2D eigenvalue weighted by Crippen LogP contribution is -2.33. The van der Waals surface area contributed by atoms with Gasteiger partial charge < -0.3 is 10.2 Å². The summed E-state index contributed by atoms with van der Waals surface area (Å²) in [7, 11) is 3.57. The van der Waals surface area contributed by atoms with Gasteiger partial charge in [0.2, 0.25) is 11.8 Å². The third kappa shape index (κ3) is 5.09. The van der Waals surface area contributed by atoms with Crippen LogP contribution >= 0.6 is 11.6 Å². The monoisotopic (exact) mass is 348 g/mol. The maximum absolute atomic E-state index is 12.5. The van der Waals surface area contributed by atoms with Crippen molar-refractivity contribution in [1.29, 1.82) is 0 Å². The van der Waals surface area contributed by atoms with E-state index in [4.69, 9.17) is 11.6 Å². The summed E-state index contributed by atoms with van der Waals surface area (Å²) < 4.78 is 1.70. The zero-order valence-electron chi connectivity index (χ0n) is 14.0. The Hall–Kier alpha value is -2.34. The summed E-state index contributed by atoms with van der Waals surface area (Å²) >= 11 is 5.90. The number of aromatic nitrogens is 2. The smallest absolute Gasteiger partial charge is 0.225 e. The molecule has 0 radical (unpaired) electrons. The van der Waals surface area contributed by atoms with Gasteiger partial charge in [-0.2, -0.15) is 5.10 Å². The van der Waals surface area contributed by atoms with Gasteiger partial charge in [0.15, 0.2) is 0 Å². The van der Waals surface area contributed by atoms with E-state index in [1.807, 2.05) is 25.4 Å². The molecule has 1 aromatic carbocycles. The molecular formula is C17H21ClN4O2. The molecule has 0 aliphatic carbocycles. The molecule has 6 nitrogen and oxygen atoms in total. The molecule has 128 valence electrons. The zero-order valence-corrected chi connectivity index (χ0v) is 14.7. The lowest BCUT2D eigenvalue weighted by Gasteiger charge is -2.22. The van der Waals surface area contributed by atoms with Crippen LogP contribution in [0.1, 0.15) is 30.5 Å². The zero-order chi connectivity index (χ0) is 17.7. The first-order chi connectivity index (χ1) is 11.3. The van der Waals surface area contributed by atoms with Gasteiger partial charge in [0, 0.05) is 44.3 Å². The number of rotatable bonds is 6. The minimum absolute atomic E-state index is 0.0625. The molecule has 1 heterocycles. The van der Waals surface area contributed by atoms with Crippen LogP contribution in [0.25, 0.3) is 0 Å². The van der Waals surface area contributed by atoms with Crippen molar-refractivity contribution in [3.8, 4) is 0 Å². The third-order valence-corrected chi connectivity index (χ3v) is 3.88. The number of carbonyl (C=O) groups is 2. The summed E-state index contributed by atoms with van der Waals surface area (Å²) in [5, 5.41) is 7.53. The van der Waals surface area contributed by atoms with E-state index in [1.54, 1.807) is 35.0 Å². The minimum atomic E-state index is -0.386. The fraction of sp³-hybridized carbons (Fsp3) is 0.353. The SMILES string of the molecule is CC(=O)NC(CC(=O)N(C)Cc1cnn(C)c1)c1ccc(Cl)cc1. The van der Waals surface area contributed by atoms with E-state index >= 15 is 0 Å². The van der Waals surface area contributed by atoms with Gasteiger partial charge in [0.1, 0.15) is 0 Å². The van der Waals surface area contributed by atoms with E-state index < -0.39 is 0 Å². The van der Waals surface area contributed by atoms with Crippen LogP contribution in [0.5, 0.6) is 0 Å². The van der Waals surface area contributed by atoms with E-state index in [1.165, 1.54) is 6.92 Å². The van der Waals surface area contributed by atoms with Crippen molar-refractivity contribution in [2.75, 3.05) is 7.05 Å². The summed E-state index contributed by atoms with van der Waals surface area (Å²) in [6, 6.07) is 6.74. The molecule has 1 unspecified atom stereocenters. The molecule has 7 heteroatoms. The maximum Gasteiger partial charge on any atom is 0.225 e. The van der Waals surface area contributed by atoms with Crippen molar-refractivity contribution in [3.05, 3.63) is 52.8 Å². The molecule has 1 atom stereocenters. The molecule has 1 aromatic heterocycles. The van der Waals surface area contributed by atoms with Gasteiger partial charge in [0.25, 0.3) is 0 Å². The molecule has 0 fully saturated rings. The number of hydrogen-bond acceptors (Lipinski definition) is 3. The largest absolute Gasteiger partial charge is 0.349 e. The van der Waals surface area contributed by atoms with Crippen LogP contribution in [0.3, 0.4) is 0 Å². The second-order valence-electron chi connectivity index (χ2n) is 5.78. The quantitative estimate of drug-likeness (QED) is 0.871. The van der Waals surface area contributed by atoms with Crippen LogP contribution in [0.4, 0.5) is 0 Å². The van der Waals surface area contributed by atoms with Crippen LogP contribution in [0, 0.1) is 0 Å². The van der Waals surface area contributed by atoms with Crippen molar-refractivity contribution in [2.45, 2.75) is 25.9 Å². The predicted octanol–water partition coefficient (Wildman–Crippen LogP) is 2.30. The molecule has 0 saturated heterocycles. The van der Waals surface area contributed by atoms with Crippen molar-refractivity contribution in [1.82, 2.24) is 20.0 Å². The molecular weight excluding hydrogens is 328 g/mol. The number of amides is 2. The van der Waals surface area contributed by atoms with Crippen molar-refractivity contribution >= 4 is 23.4 Å². The lowest BCUT2D eigenvalue weighted by atomic mass is 10.0. The highest BCUT2D eigenvalue weighted by atomic mass is 35.5. The summed E-state index contributed by atoms with van der Waals surface area (Å²) in [6.45, 7) is 1.91. The second-order valence-corrected chi connectivity index (χ2v) is 6.22. The molecule has 0 aliphatic heterocycles. The number of nitrogens with one attached hydrogen (secondary N) is 1. The highest BCUT2D eigenvalue weighted by Crippen LogP contribution is 2.20. The Balaban J connectivity index is 2.05. The Kier molecular flexibility index (Phi) is 5.98. The first-order valence-corrected chi connectivity index (χ1v) is 7.97. The molecule has 0 spiro atoms. The first kappa shape index (κ1) is 18.0. The Bertz CT molecular complexity index is 712. The number of hydrogen-bond donors (Lipinski definition) is 1. The summed E-state index contributed by atoms with van der Waals surface area (Å²) in [4.78, 5) is 25.6. The Morgan fingerprint density at radius 1 is 1.33 bits per heavy atom. The van der Waals surface area contributed by atoms with Gasteiger partial charge in [-0.25, -0.2) is 0 Å². The van der Waals surface area contributed by atoms with E-state index in [2.05, 4.69) is 10.4 Å². The molecule has 1 N–H and O–H groups in total. The summed E-state index contributed by atoms with van der Waals surface area (Å²) in [5.41, 5.74) is 1.80. The number of carbonyl (C=O) groups excluding carboxylic acids is 2. The van der Waals surface area contributed by atoms with Crippen molar-refractivity contribution in [3.63, 3.8) is 0 Å². The van der Waals surface area contributed by atoms with Crippen LogP contribution in [-0.4, -0.2) is 33.5 Å². The van der Waals surface area contributed by atoms with Gasteiger partial charge in [0.05, 0.1) is 18.7 Å². The number of halogens is 1. The van der Waals surface area contributed by atoms with E-state index in [0.29, 0.717) is 11.6 Å². The Morgan fingerprint density at radius 2 is 2.00 bits per heavy atom. The topological polar surface area (TPSA) is 67.2 Å². The average Bonchev–Trinajstić information content (AvgIpc) is 2.92. The van der Waals surface area contributed by atoms with Crippen molar-refractivity contribution in [2.24, 2.45) is 7.05 Å². The predicted molar refractivity (Wildman–Crippen MR) is 92.3 cm³/mol. The fourth-order valence-corrected chi connectivity index (χ4v) is 2.56. The highest BCUT2D eigenvalue weighted by Gasteiger charge is 2.20. The molecule has 2 aromatic rings. The number of aryl methyl sites for hydroxylation is 1. The van der Waals surface area contributed by atoms with Crippen molar-refractivity contribution < 1.29 is 9.59 Å². The lowest BCUT2D eigenvalue weighted by molar-refractivity contribution is -0.131. The van der Waals surface area contributed by atoms with E-state index in [0.717, 1.165) is 11.1 Å². The second kappa shape index (κ2) is 7.97. The van der Waals surface area contributed by atoms with Crippen LogP contribution in [0.15, 0.2) is 36.7 Å². The molecule has 24 heavy (non-hydrogen) atoms. The third-order valence-electron chi connectivity index (χ3n) is 3.63. The van der Waals surface area contributed by atoms with Crippen LogP contribution < -0.4 is 5.32 Å². The standard InChI is InChI=1S/C17H21ClN4O2/c1-12(23)20-16(14-4-6-15(18)7-5-14)8-17(24)21(2)10-13-9-19-22(3)11-13/h4-7,9,11,16H,8,10H2,1-3H3,(H,20,23). The molecule has 0 saturated carbocycles. The van der Waals surface area contributed by atoms with E-state index in [9.17, 15) is 9.59 Å². The average molecular weight is 349 g/mol. The highest BCUT2D eigenvalue weighted by molar-refractivity contribution is 6.30. The molecule has 2 rings (SSSR count). The van der Waals surface area contributed by atoms with Crippen LogP contribution in [-0.2, 0) is 23.2 Å². The fourth-order valence-electron chi connectivity index (χ4n) is 2.44. The maximum atomic E-state index is 12.5. The minimum Gasteiger partial charge on any atom is -0.349 e. The van der Waals surface area contributed by atoms with Gasteiger partial charge in [-0.3, -0.25) is 14.3 Å². The van der Waals surface area contributed by atoms with Gasteiger partial charge >= 0.3 is 0 Å². The van der Waals surface area contributed by atoms with E-state index in [-0.39, 0.29) is 24.3 Å². The molecule has 2 amide bonds. The summed E-state index contributed by atoms with van der Waals surface area (Å²) in [5.74, 6) is -0.245.